The van der Waals surface area contributed by atoms with Crippen LogP contribution in [0.15, 0.2) is 64.4 Å². The zero-order chi connectivity index (χ0) is 16.5. The maximum atomic E-state index is 12.8. The van der Waals surface area contributed by atoms with Crippen molar-refractivity contribution < 1.29 is 9.21 Å². The number of nitrogens with zero attached hydrogens (tertiary/aromatic N) is 1. The molecule has 1 aliphatic rings. The second-order valence-corrected chi connectivity index (χ2v) is 6.15. The molecule has 1 aromatic carbocycles. The summed E-state index contributed by atoms with van der Waals surface area (Å²) in [7, 11) is 2.02. The number of nitrogens with one attached hydrogen (secondary N) is 1. The van der Waals surface area contributed by atoms with Crippen LogP contribution in [0.3, 0.4) is 0 Å². The molecular formula is C20H18N2O2. The maximum Gasteiger partial charge on any atom is 0.187 e. The van der Waals surface area contributed by atoms with Gasteiger partial charge in [-0.15, -0.1) is 0 Å². The number of benzene rings is 1. The van der Waals surface area contributed by atoms with Crippen LogP contribution in [-0.2, 0) is 4.79 Å². The Labute approximate surface area is 140 Å². The minimum Gasteiger partial charge on any atom is -0.465 e. The van der Waals surface area contributed by atoms with Gasteiger partial charge in [0.1, 0.15) is 5.76 Å². The number of fused-ring (bicyclic) bond motifs is 1. The minimum absolute atomic E-state index is 0.0924. The van der Waals surface area contributed by atoms with Crippen LogP contribution in [0, 0.1) is 0 Å². The Hall–Kier alpha value is -2.85. The van der Waals surface area contributed by atoms with Gasteiger partial charge in [0.25, 0.3) is 0 Å². The molecule has 0 aliphatic carbocycles. The molecule has 120 valence electrons. The van der Waals surface area contributed by atoms with Gasteiger partial charge in [0.05, 0.1) is 6.26 Å². The normalized spacial score (nSPS) is 19.6. The molecule has 24 heavy (non-hydrogen) atoms. The van der Waals surface area contributed by atoms with Gasteiger partial charge in [0.2, 0.25) is 0 Å². The molecule has 0 radical (unpaired) electrons. The summed E-state index contributed by atoms with van der Waals surface area (Å²) >= 11 is 0. The lowest BCUT2D eigenvalue weighted by molar-refractivity contribution is -0.113. The van der Waals surface area contributed by atoms with Crippen LogP contribution in [0.25, 0.3) is 23.1 Å². The van der Waals surface area contributed by atoms with E-state index < -0.39 is 0 Å². The van der Waals surface area contributed by atoms with E-state index in [0.29, 0.717) is 18.8 Å². The van der Waals surface area contributed by atoms with Gasteiger partial charge in [0, 0.05) is 46.9 Å². The lowest BCUT2D eigenvalue weighted by Gasteiger charge is -2.25. The summed E-state index contributed by atoms with van der Waals surface area (Å²) in [6.45, 7) is 1.28. The van der Waals surface area contributed by atoms with Crippen molar-refractivity contribution in [2.24, 2.45) is 0 Å². The molecule has 0 spiro atoms. The molecule has 4 nitrogen and oxygen atoms in total. The molecular weight excluding hydrogens is 300 g/mol. The smallest absolute Gasteiger partial charge is 0.187 e. The summed E-state index contributed by atoms with van der Waals surface area (Å²) in [6.07, 6.45) is 7.40. The zero-order valence-electron chi connectivity index (χ0n) is 13.5. The Morgan fingerprint density at radius 2 is 1.88 bits per heavy atom. The molecule has 4 heteroatoms. The standard InChI is InChI=1S/C20H18N2O2/c1-22-12-15(9-14-11-21-19-7-3-2-6-18(14)19)20(23)16(13-22)10-17-5-4-8-24-17/h2-11,21H,12-13H2,1H3/b15-9+,16-10+. The fourth-order valence-electron chi connectivity index (χ4n) is 3.16. The number of aromatic nitrogens is 1. The molecule has 1 N–H and O–H groups in total. The summed E-state index contributed by atoms with van der Waals surface area (Å²) < 4.78 is 5.35. The highest BCUT2D eigenvalue weighted by molar-refractivity contribution is 6.15. The predicted octanol–water partition coefficient (Wildman–Crippen LogP) is 3.74. The van der Waals surface area contributed by atoms with Gasteiger partial charge in [-0.3, -0.25) is 9.69 Å². The van der Waals surface area contributed by atoms with Crippen LogP contribution in [-0.4, -0.2) is 35.8 Å². The number of hydrogen-bond acceptors (Lipinski definition) is 3. The van der Waals surface area contributed by atoms with Gasteiger partial charge in [-0.1, -0.05) is 18.2 Å². The first-order valence-electron chi connectivity index (χ1n) is 7.95. The molecule has 1 aliphatic heterocycles. The third-order valence-electron chi connectivity index (χ3n) is 4.27. The van der Waals surface area contributed by atoms with Gasteiger partial charge in [-0.25, -0.2) is 0 Å². The Kier molecular flexibility index (Phi) is 3.67. The van der Waals surface area contributed by atoms with Crippen molar-refractivity contribution in [3.63, 3.8) is 0 Å². The molecule has 0 unspecified atom stereocenters. The number of rotatable bonds is 2. The maximum absolute atomic E-state index is 12.8. The lowest BCUT2D eigenvalue weighted by atomic mass is 9.95. The number of ketones is 1. The number of carbonyl (C=O) groups is 1. The lowest BCUT2D eigenvalue weighted by Crippen LogP contribution is -2.34. The summed E-state index contributed by atoms with van der Waals surface area (Å²) in [5.74, 6) is 0.801. The van der Waals surface area contributed by atoms with E-state index in [1.54, 1.807) is 6.26 Å². The number of H-pyrrole nitrogens is 1. The van der Waals surface area contributed by atoms with Crippen LogP contribution in [0.1, 0.15) is 11.3 Å². The molecule has 2 aromatic heterocycles. The summed E-state index contributed by atoms with van der Waals surface area (Å²) in [5, 5.41) is 1.13. The quantitative estimate of drug-likeness (QED) is 0.732. The Morgan fingerprint density at radius 1 is 1.08 bits per heavy atom. The Morgan fingerprint density at radius 3 is 2.67 bits per heavy atom. The zero-order valence-corrected chi connectivity index (χ0v) is 13.5. The molecule has 4 rings (SSSR count). The summed E-state index contributed by atoms with van der Waals surface area (Å²) in [4.78, 5) is 18.2. The molecule has 0 amide bonds. The largest absolute Gasteiger partial charge is 0.465 e. The fraction of sp³-hybridized carbons (Fsp3) is 0.150. The van der Waals surface area contributed by atoms with Crippen LogP contribution in [0.2, 0.25) is 0 Å². The van der Waals surface area contributed by atoms with Gasteiger partial charge >= 0.3 is 0 Å². The van der Waals surface area contributed by atoms with Crippen LogP contribution < -0.4 is 0 Å². The number of Topliss-reactive ketones (excluding diaryl/α,β-unsaturated/α-hetero) is 1. The predicted molar refractivity (Wildman–Crippen MR) is 95.5 cm³/mol. The summed E-state index contributed by atoms with van der Waals surface area (Å²) in [5.41, 5.74) is 3.67. The molecule has 3 heterocycles. The topological polar surface area (TPSA) is 49.2 Å². The highest BCUT2D eigenvalue weighted by atomic mass is 16.3. The van der Waals surface area contributed by atoms with E-state index in [0.717, 1.165) is 27.6 Å². The highest BCUT2D eigenvalue weighted by Gasteiger charge is 2.24. The number of hydrogen-bond donors (Lipinski definition) is 1. The number of aromatic amines is 1. The third-order valence-corrected chi connectivity index (χ3v) is 4.27. The van der Waals surface area contributed by atoms with Crippen LogP contribution >= 0.6 is 0 Å². The van der Waals surface area contributed by atoms with Crippen molar-refractivity contribution in [2.75, 3.05) is 20.1 Å². The number of para-hydroxylation sites is 1. The molecule has 1 fully saturated rings. The van der Waals surface area contributed by atoms with E-state index in [1.807, 2.05) is 55.7 Å². The number of likely N-dealkylation sites (tertiary alicyclic amines) is 1. The van der Waals surface area contributed by atoms with Crippen molar-refractivity contribution >= 4 is 28.8 Å². The minimum atomic E-state index is 0.0924. The molecule has 0 saturated carbocycles. The van der Waals surface area contributed by atoms with Gasteiger partial charge in [-0.05, 0) is 37.4 Å². The molecule has 3 aromatic rings. The second-order valence-electron chi connectivity index (χ2n) is 6.15. The van der Waals surface area contributed by atoms with Crippen molar-refractivity contribution in [3.8, 4) is 0 Å². The molecule has 1 saturated heterocycles. The highest BCUT2D eigenvalue weighted by Crippen LogP contribution is 2.24. The van der Waals surface area contributed by atoms with E-state index in [-0.39, 0.29) is 5.78 Å². The van der Waals surface area contributed by atoms with E-state index in [4.69, 9.17) is 4.42 Å². The summed E-state index contributed by atoms with van der Waals surface area (Å²) in [6, 6.07) is 11.8. The number of furan rings is 1. The molecule has 0 atom stereocenters. The van der Waals surface area contributed by atoms with Gasteiger partial charge < -0.3 is 9.40 Å². The average molecular weight is 318 g/mol. The fourth-order valence-corrected chi connectivity index (χ4v) is 3.16. The first-order chi connectivity index (χ1) is 11.7. The van der Waals surface area contributed by atoms with Gasteiger partial charge in [0.15, 0.2) is 5.78 Å². The van der Waals surface area contributed by atoms with Crippen LogP contribution in [0.5, 0.6) is 0 Å². The Balaban J connectivity index is 1.73. The van der Waals surface area contributed by atoms with Crippen LogP contribution in [0.4, 0.5) is 0 Å². The van der Waals surface area contributed by atoms with E-state index in [2.05, 4.69) is 16.0 Å². The number of piperidine rings is 1. The van der Waals surface area contributed by atoms with Crippen molar-refractivity contribution in [2.45, 2.75) is 0 Å². The van der Waals surface area contributed by atoms with Crippen molar-refractivity contribution in [1.82, 2.24) is 9.88 Å². The Bertz CT molecular complexity index is 945. The second kappa shape index (κ2) is 5.98. The van der Waals surface area contributed by atoms with E-state index in [9.17, 15) is 4.79 Å². The monoisotopic (exact) mass is 318 g/mol. The first-order valence-corrected chi connectivity index (χ1v) is 7.95. The van der Waals surface area contributed by atoms with E-state index >= 15 is 0 Å². The van der Waals surface area contributed by atoms with Crippen molar-refractivity contribution in [1.29, 1.82) is 0 Å². The first kappa shape index (κ1) is 14.7. The molecule has 0 bridgehead atoms. The van der Waals surface area contributed by atoms with Crippen molar-refractivity contribution in [3.05, 3.63) is 71.3 Å². The number of carbonyl (C=O) groups excluding carboxylic acids is 1. The SMILES string of the molecule is CN1C/C(=C\c2ccco2)C(=O)/C(=C/c2c[nH]c3ccccc23)C1. The number of likely N-dealkylation sites (N-methyl/N-ethyl adjacent to an activating group) is 1. The third kappa shape index (κ3) is 2.72. The van der Waals surface area contributed by atoms with Gasteiger partial charge in [-0.2, -0.15) is 0 Å². The average Bonchev–Trinajstić information content (AvgIpc) is 3.22. The van der Waals surface area contributed by atoms with E-state index in [1.165, 1.54) is 0 Å².